The van der Waals surface area contributed by atoms with Crippen molar-refractivity contribution in [1.29, 1.82) is 0 Å². The van der Waals surface area contributed by atoms with Crippen LogP contribution < -0.4 is 15.8 Å². The smallest absolute Gasteiger partial charge is 0.277 e. The quantitative estimate of drug-likeness (QED) is 0.446. The third kappa shape index (κ3) is 7.38. The number of ether oxygens (including phenoxy) is 1. The lowest BCUT2D eigenvalue weighted by molar-refractivity contribution is -0.176. The van der Waals surface area contributed by atoms with Gasteiger partial charge in [-0.05, 0) is 53.5 Å². The molecule has 2 aromatic rings. The number of hydrogen-bond acceptors (Lipinski definition) is 6. The highest BCUT2D eigenvalue weighted by molar-refractivity contribution is 6.32. The first-order valence-corrected chi connectivity index (χ1v) is 13.1. The fourth-order valence-corrected chi connectivity index (χ4v) is 4.36. The van der Waals surface area contributed by atoms with E-state index in [1.807, 2.05) is 32.0 Å². The summed E-state index contributed by atoms with van der Waals surface area (Å²) in [6.07, 6.45) is 7.95. The molecule has 1 atom stereocenters. The molecule has 2 aliphatic heterocycles. The molecule has 37 heavy (non-hydrogen) atoms. The van der Waals surface area contributed by atoms with E-state index in [9.17, 15) is 14.8 Å². The van der Waals surface area contributed by atoms with E-state index in [4.69, 9.17) is 21.3 Å². The van der Waals surface area contributed by atoms with Crippen molar-refractivity contribution in [3.8, 4) is 0 Å². The van der Waals surface area contributed by atoms with E-state index in [0.29, 0.717) is 34.9 Å². The molecule has 4 rings (SSSR count). The molecule has 0 saturated carbocycles. The number of hydrogen-bond donors (Lipinski definition) is 2. The summed E-state index contributed by atoms with van der Waals surface area (Å²) in [6.45, 7) is 6.77. The maximum absolute atomic E-state index is 12.2. The van der Waals surface area contributed by atoms with Crippen LogP contribution in [0.2, 0.25) is 5.02 Å². The number of hydroxylamine groups is 2. The number of benzene rings is 2. The Balaban J connectivity index is 0.00000186. The number of amides is 2. The van der Waals surface area contributed by atoms with E-state index >= 15 is 0 Å². The minimum Gasteiger partial charge on any atom is -0.362 e. The Morgan fingerprint density at radius 1 is 1.16 bits per heavy atom. The minimum atomic E-state index is -0.791. The van der Waals surface area contributed by atoms with Crippen LogP contribution in [-0.2, 0) is 14.3 Å². The summed E-state index contributed by atoms with van der Waals surface area (Å²) in [5.41, 5.74) is 2.35. The van der Waals surface area contributed by atoms with Gasteiger partial charge in [-0.1, -0.05) is 68.8 Å². The van der Waals surface area contributed by atoms with E-state index < -0.39 is 11.8 Å². The molecule has 0 radical (unpaired) electrons. The predicted octanol–water partition coefficient (Wildman–Crippen LogP) is 4.45. The van der Waals surface area contributed by atoms with Gasteiger partial charge >= 0.3 is 0 Å². The number of nitrogens with zero attached hydrogens (tertiary/aromatic N) is 2. The standard InChI is InChI=1S/C27H28ClN3O4.C2H6/c1-2-6-18-7-3-4-8-19(18)9-5-10-22-16-35-17-29-24-12-11-21(28)15-23(24)27(30-22)20-13-25(32)31(34)26(33)14-20;1-2/h3-4,6-9,11-13,15,22,29,34H,2,5,10,14,16-17H2,1H3;1-2H3/b18-6-,19-9-,30-27?;. The number of halogens is 1. The van der Waals surface area contributed by atoms with Gasteiger partial charge in [-0.25, -0.2) is 0 Å². The largest absolute Gasteiger partial charge is 0.362 e. The van der Waals surface area contributed by atoms with Gasteiger partial charge in [0, 0.05) is 22.3 Å². The second kappa shape index (κ2) is 13.9. The monoisotopic (exact) mass is 523 g/mol. The van der Waals surface area contributed by atoms with Crippen molar-refractivity contribution in [2.24, 2.45) is 4.99 Å². The third-order valence-corrected chi connectivity index (χ3v) is 6.13. The van der Waals surface area contributed by atoms with Gasteiger partial charge in [-0.2, -0.15) is 5.06 Å². The van der Waals surface area contributed by atoms with Gasteiger partial charge in [-0.3, -0.25) is 19.8 Å². The Morgan fingerprint density at radius 2 is 1.89 bits per heavy atom. The average molecular weight is 524 g/mol. The number of nitrogens with one attached hydrogen (secondary N) is 1. The average Bonchev–Trinajstić information content (AvgIpc) is 2.98. The third-order valence-electron chi connectivity index (χ3n) is 5.90. The fourth-order valence-electron chi connectivity index (χ4n) is 4.19. The Labute approximate surface area is 222 Å². The second-order valence-corrected chi connectivity index (χ2v) is 8.86. The van der Waals surface area contributed by atoms with E-state index in [2.05, 4.69) is 36.5 Å². The molecular weight excluding hydrogens is 490 g/mol. The number of fused-ring (bicyclic) bond motifs is 1. The van der Waals surface area contributed by atoms with Crippen molar-refractivity contribution >= 4 is 47.0 Å². The summed E-state index contributed by atoms with van der Waals surface area (Å²) in [7, 11) is 0. The van der Waals surface area contributed by atoms with E-state index in [-0.39, 0.29) is 24.3 Å². The molecule has 8 heteroatoms. The first-order valence-electron chi connectivity index (χ1n) is 12.7. The highest BCUT2D eigenvalue weighted by Gasteiger charge is 2.29. The zero-order valence-electron chi connectivity index (χ0n) is 21.5. The summed E-state index contributed by atoms with van der Waals surface area (Å²) < 4.78 is 5.84. The molecular formula is C29H34ClN3O4. The molecule has 2 amide bonds. The molecule has 0 saturated heterocycles. The SMILES string of the molecule is CC.CC/C=c1/cccc/c1=C/CCC1COCNc2ccc(Cl)cc2C(C2=CC(=O)N(O)C(=O)C2)=N1. The van der Waals surface area contributed by atoms with Crippen LogP contribution in [0.25, 0.3) is 12.2 Å². The second-order valence-electron chi connectivity index (χ2n) is 8.43. The zero-order valence-corrected chi connectivity index (χ0v) is 22.3. The Morgan fingerprint density at radius 3 is 2.59 bits per heavy atom. The molecule has 2 aliphatic rings. The lowest BCUT2D eigenvalue weighted by atomic mass is 9.95. The van der Waals surface area contributed by atoms with E-state index in [0.717, 1.165) is 18.5 Å². The van der Waals surface area contributed by atoms with Gasteiger partial charge in [0.15, 0.2) is 0 Å². The normalized spacial score (nSPS) is 18.9. The summed E-state index contributed by atoms with van der Waals surface area (Å²) >= 11 is 6.30. The Kier molecular flexibility index (Phi) is 10.6. The number of carbonyl (C=O) groups excluding carboxylic acids is 2. The maximum atomic E-state index is 12.2. The molecule has 7 nitrogen and oxygen atoms in total. The number of aliphatic imine (C=N–C) groups is 1. The van der Waals surface area contributed by atoms with Crippen molar-refractivity contribution in [2.75, 3.05) is 18.7 Å². The molecule has 0 bridgehead atoms. The van der Waals surface area contributed by atoms with Crippen molar-refractivity contribution in [3.63, 3.8) is 0 Å². The van der Waals surface area contributed by atoms with Gasteiger partial charge in [0.2, 0.25) is 0 Å². The maximum Gasteiger partial charge on any atom is 0.277 e. The highest BCUT2D eigenvalue weighted by Crippen LogP contribution is 2.28. The van der Waals surface area contributed by atoms with Crippen LogP contribution in [0, 0.1) is 0 Å². The number of rotatable bonds is 5. The lowest BCUT2D eigenvalue weighted by Crippen LogP contribution is -2.37. The van der Waals surface area contributed by atoms with Gasteiger partial charge < -0.3 is 10.1 Å². The highest BCUT2D eigenvalue weighted by atomic mass is 35.5. The van der Waals surface area contributed by atoms with Crippen LogP contribution in [0.5, 0.6) is 0 Å². The van der Waals surface area contributed by atoms with Crippen LogP contribution in [0.3, 0.4) is 0 Å². The molecule has 2 heterocycles. The van der Waals surface area contributed by atoms with Gasteiger partial charge in [-0.15, -0.1) is 0 Å². The van der Waals surface area contributed by atoms with E-state index in [1.54, 1.807) is 12.1 Å². The molecule has 0 aromatic heterocycles. The van der Waals surface area contributed by atoms with E-state index in [1.165, 1.54) is 16.5 Å². The lowest BCUT2D eigenvalue weighted by Gasteiger charge is -2.22. The summed E-state index contributed by atoms with van der Waals surface area (Å²) in [5.74, 6) is -1.49. The zero-order chi connectivity index (χ0) is 26.8. The molecule has 196 valence electrons. The predicted molar refractivity (Wildman–Crippen MR) is 148 cm³/mol. The molecule has 1 unspecified atom stereocenters. The van der Waals surface area contributed by atoms with Gasteiger partial charge in [0.1, 0.15) is 6.73 Å². The fraction of sp³-hybridized carbons (Fsp3) is 0.345. The number of imide groups is 1. The van der Waals surface area contributed by atoms with Crippen molar-refractivity contribution in [1.82, 2.24) is 5.06 Å². The molecule has 0 aliphatic carbocycles. The van der Waals surface area contributed by atoms with Crippen LogP contribution in [0.4, 0.5) is 5.69 Å². The van der Waals surface area contributed by atoms with Crippen molar-refractivity contribution < 1.29 is 19.5 Å². The van der Waals surface area contributed by atoms with Crippen LogP contribution >= 0.6 is 11.6 Å². The van der Waals surface area contributed by atoms with Gasteiger partial charge in [0.05, 0.1) is 24.8 Å². The topological polar surface area (TPSA) is 91.2 Å². The Bertz CT molecular complexity index is 1300. The van der Waals surface area contributed by atoms with Crippen LogP contribution in [0.1, 0.15) is 52.0 Å². The minimum absolute atomic E-state index is 0.136. The molecule has 0 spiro atoms. The summed E-state index contributed by atoms with van der Waals surface area (Å²) in [4.78, 5) is 29.4. The number of carbonyl (C=O) groups is 2. The first-order chi connectivity index (χ1) is 18.0. The molecule has 2 aromatic carbocycles. The molecule has 2 N–H and O–H groups in total. The number of anilines is 1. The van der Waals surface area contributed by atoms with Crippen LogP contribution in [-0.4, -0.2) is 47.2 Å². The Hall–Kier alpha value is -3.26. The van der Waals surface area contributed by atoms with Crippen molar-refractivity contribution in [3.05, 3.63) is 75.1 Å². The summed E-state index contributed by atoms with van der Waals surface area (Å²) in [5, 5.41) is 15.9. The first kappa shape index (κ1) is 28.3. The van der Waals surface area contributed by atoms with Crippen LogP contribution in [0.15, 0.2) is 59.1 Å². The van der Waals surface area contributed by atoms with Gasteiger partial charge in [0.25, 0.3) is 11.8 Å². The summed E-state index contributed by atoms with van der Waals surface area (Å²) in [6, 6.07) is 13.4. The molecule has 0 fully saturated rings. The van der Waals surface area contributed by atoms with Crippen molar-refractivity contribution in [2.45, 2.75) is 52.5 Å².